The maximum atomic E-state index is 12.7. The molecule has 1 N–H and O–H groups in total. The van der Waals surface area contributed by atoms with Gasteiger partial charge in [0.05, 0.1) is 4.34 Å². The fourth-order valence-electron chi connectivity index (χ4n) is 1.06. The fraction of sp³-hybridized carbons (Fsp3) is 0. The van der Waals surface area contributed by atoms with Gasteiger partial charge in [-0.25, -0.2) is 4.39 Å². The van der Waals surface area contributed by atoms with Gasteiger partial charge in [0.1, 0.15) is 11.6 Å². The Hall–Kier alpha value is -0.800. The number of thiophene rings is 1. The van der Waals surface area contributed by atoms with Crippen LogP contribution in [0, 0.1) is 5.82 Å². The monoisotopic (exact) mass is 202 g/mol. The van der Waals surface area contributed by atoms with Gasteiger partial charge in [-0.05, 0) is 12.1 Å². The third-order valence-electron chi connectivity index (χ3n) is 1.55. The van der Waals surface area contributed by atoms with Crippen LogP contribution in [-0.2, 0) is 0 Å². The van der Waals surface area contributed by atoms with E-state index in [-0.39, 0.29) is 5.75 Å². The van der Waals surface area contributed by atoms with E-state index in [4.69, 9.17) is 11.6 Å². The zero-order valence-corrected chi connectivity index (χ0v) is 7.42. The third-order valence-corrected chi connectivity index (χ3v) is 2.76. The number of rotatable bonds is 0. The summed E-state index contributed by atoms with van der Waals surface area (Å²) in [5.74, 6) is -0.508. The van der Waals surface area contributed by atoms with E-state index < -0.39 is 5.82 Å². The van der Waals surface area contributed by atoms with Gasteiger partial charge in [-0.3, -0.25) is 0 Å². The van der Waals surface area contributed by atoms with Crippen LogP contribution in [0.2, 0.25) is 4.34 Å². The summed E-state index contributed by atoms with van der Waals surface area (Å²) < 4.78 is 13.9. The van der Waals surface area contributed by atoms with Crippen molar-refractivity contribution in [1.82, 2.24) is 0 Å². The molecule has 4 heteroatoms. The number of fused-ring (bicyclic) bond motifs is 1. The Morgan fingerprint density at radius 2 is 2.08 bits per heavy atom. The third kappa shape index (κ3) is 1.15. The minimum absolute atomic E-state index is 0.0619. The van der Waals surface area contributed by atoms with Crippen molar-refractivity contribution in [3.8, 4) is 5.75 Å². The molecule has 0 saturated carbocycles. The number of hydrogen-bond donors (Lipinski definition) is 1. The number of aromatic hydroxyl groups is 1. The lowest BCUT2D eigenvalue weighted by molar-refractivity contribution is 0.476. The van der Waals surface area contributed by atoms with E-state index in [2.05, 4.69) is 0 Å². The van der Waals surface area contributed by atoms with Crippen LogP contribution in [0.15, 0.2) is 18.2 Å². The predicted molar refractivity (Wildman–Crippen MR) is 48.5 cm³/mol. The van der Waals surface area contributed by atoms with Gasteiger partial charge < -0.3 is 5.11 Å². The summed E-state index contributed by atoms with van der Waals surface area (Å²) in [6, 6.07) is 4.05. The number of halogens is 2. The van der Waals surface area contributed by atoms with Crippen molar-refractivity contribution in [2.75, 3.05) is 0 Å². The molecule has 0 radical (unpaired) electrons. The lowest BCUT2D eigenvalue weighted by Gasteiger charge is -1.93. The molecule has 2 aromatic rings. The highest BCUT2D eigenvalue weighted by Crippen LogP contribution is 2.35. The van der Waals surface area contributed by atoms with Crippen molar-refractivity contribution >= 4 is 33.0 Å². The van der Waals surface area contributed by atoms with Gasteiger partial charge in [-0.1, -0.05) is 11.6 Å². The fourth-order valence-corrected chi connectivity index (χ4v) is 2.25. The van der Waals surface area contributed by atoms with Gasteiger partial charge >= 0.3 is 0 Å². The molecular weight excluding hydrogens is 199 g/mol. The molecule has 0 bridgehead atoms. The van der Waals surface area contributed by atoms with Crippen LogP contribution in [-0.4, -0.2) is 5.11 Å². The summed E-state index contributed by atoms with van der Waals surface area (Å²) in [5, 5.41) is 9.88. The molecule has 0 aliphatic rings. The lowest BCUT2D eigenvalue weighted by Crippen LogP contribution is -1.71. The molecule has 0 aliphatic carbocycles. The number of phenols is 1. The van der Waals surface area contributed by atoms with Crippen LogP contribution in [0.4, 0.5) is 4.39 Å². The van der Waals surface area contributed by atoms with Gasteiger partial charge in [0, 0.05) is 16.2 Å². The molecule has 1 heterocycles. The molecule has 1 aromatic heterocycles. The van der Waals surface area contributed by atoms with E-state index in [9.17, 15) is 9.50 Å². The number of phenolic OH excluding ortho intramolecular Hbond substituents is 1. The first-order chi connectivity index (χ1) is 5.66. The maximum Gasteiger partial charge on any atom is 0.128 e. The Bertz CT molecular complexity index is 438. The highest BCUT2D eigenvalue weighted by Gasteiger charge is 2.06. The molecule has 12 heavy (non-hydrogen) atoms. The quantitative estimate of drug-likeness (QED) is 0.694. The smallest absolute Gasteiger partial charge is 0.128 e. The summed E-state index contributed by atoms with van der Waals surface area (Å²) in [4.78, 5) is 0. The average molecular weight is 203 g/mol. The van der Waals surface area contributed by atoms with Gasteiger partial charge in [0.25, 0.3) is 0 Å². The second kappa shape index (κ2) is 2.61. The van der Waals surface area contributed by atoms with Crippen LogP contribution < -0.4 is 0 Å². The Kier molecular flexibility index (Phi) is 1.70. The van der Waals surface area contributed by atoms with Gasteiger partial charge in [-0.15, -0.1) is 11.3 Å². The lowest BCUT2D eigenvalue weighted by atomic mass is 10.2. The molecule has 0 spiro atoms. The molecule has 2 rings (SSSR count). The highest BCUT2D eigenvalue weighted by atomic mass is 35.5. The van der Waals surface area contributed by atoms with E-state index in [1.54, 1.807) is 6.07 Å². The zero-order chi connectivity index (χ0) is 8.72. The van der Waals surface area contributed by atoms with Gasteiger partial charge in [0.15, 0.2) is 0 Å². The standard InChI is InChI=1S/C8H4ClFOS/c9-8-3-5-6(11)1-4(10)2-7(5)12-8/h1-3,11H. The second-order valence-electron chi connectivity index (χ2n) is 2.39. The van der Waals surface area contributed by atoms with Crippen LogP contribution in [0.1, 0.15) is 0 Å². The van der Waals surface area contributed by atoms with E-state index >= 15 is 0 Å². The minimum atomic E-state index is -0.446. The molecule has 0 unspecified atom stereocenters. The summed E-state index contributed by atoms with van der Waals surface area (Å²) in [5.41, 5.74) is 0. The van der Waals surface area contributed by atoms with Crippen molar-refractivity contribution in [2.45, 2.75) is 0 Å². The molecule has 0 saturated heterocycles. The summed E-state index contributed by atoms with van der Waals surface area (Å²) in [6.07, 6.45) is 0. The molecule has 1 aromatic carbocycles. The predicted octanol–water partition coefficient (Wildman–Crippen LogP) is 3.40. The summed E-state index contributed by atoms with van der Waals surface area (Å²) in [7, 11) is 0. The van der Waals surface area contributed by atoms with Crippen molar-refractivity contribution < 1.29 is 9.50 Å². The van der Waals surface area contributed by atoms with Gasteiger partial charge in [0.2, 0.25) is 0 Å². The Labute approximate surface area is 77.0 Å². The number of hydrogen-bond acceptors (Lipinski definition) is 2. The number of benzene rings is 1. The molecule has 0 aliphatic heterocycles. The first-order valence-electron chi connectivity index (χ1n) is 3.24. The molecular formula is C8H4ClFOS. The van der Waals surface area contributed by atoms with Crippen molar-refractivity contribution in [2.24, 2.45) is 0 Å². The maximum absolute atomic E-state index is 12.7. The van der Waals surface area contributed by atoms with Crippen molar-refractivity contribution in [3.63, 3.8) is 0 Å². The van der Waals surface area contributed by atoms with Crippen LogP contribution in [0.5, 0.6) is 5.75 Å². The second-order valence-corrected chi connectivity index (χ2v) is 4.10. The highest BCUT2D eigenvalue weighted by molar-refractivity contribution is 7.22. The normalized spacial score (nSPS) is 10.8. The Balaban J connectivity index is 2.88. The van der Waals surface area contributed by atoms with Crippen LogP contribution >= 0.6 is 22.9 Å². The van der Waals surface area contributed by atoms with Crippen LogP contribution in [0.3, 0.4) is 0 Å². The van der Waals surface area contributed by atoms with Crippen LogP contribution in [0.25, 0.3) is 10.1 Å². The molecule has 62 valence electrons. The molecule has 0 atom stereocenters. The molecule has 0 amide bonds. The topological polar surface area (TPSA) is 20.2 Å². The first-order valence-corrected chi connectivity index (χ1v) is 4.44. The van der Waals surface area contributed by atoms with E-state index in [1.807, 2.05) is 0 Å². The Morgan fingerprint density at radius 3 is 2.83 bits per heavy atom. The molecule has 0 fully saturated rings. The molecule has 1 nitrogen and oxygen atoms in total. The Morgan fingerprint density at radius 1 is 1.33 bits per heavy atom. The average Bonchev–Trinajstić information content (AvgIpc) is 2.29. The van der Waals surface area contributed by atoms with Crippen molar-refractivity contribution in [1.29, 1.82) is 0 Å². The summed E-state index contributed by atoms with van der Waals surface area (Å²) >= 11 is 6.94. The SMILES string of the molecule is Oc1cc(F)cc2sc(Cl)cc12. The first kappa shape index (κ1) is 7.83. The van der Waals surface area contributed by atoms with Gasteiger partial charge in [-0.2, -0.15) is 0 Å². The van der Waals surface area contributed by atoms with E-state index in [0.29, 0.717) is 14.4 Å². The minimum Gasteiger partial charge on any atom is -0.507 e. The largest absolute Gasteiger partial charge is 0.507 e. The van der Waals surface area contributed by atoms with E-state index in [1.165, 1.54) is 17.4 Å². The van der Waals surface area contributed by atoms with E-state index in [0.717, 1.165) is 6.07 Å². The zero-order valence-electron chi connectivity index (χ0n) is 5.84. The van der Waals surface area contributed by atoms with Crippen molar-refractivity contribution in [3.05, 3.63) is 28.4 Å². The summed E-state index contributed by atoms with van der Waals surface area (Å²) in [6.45, 7) is 0.